The molecule has 0 aromatic heterocycles. The first-order valence-corrected chi connectivity index (χ1v) is 8.07. The van der Waals surface area contributed by atoms with Crippen molar-refractivity contribution in [1.82, 2.24) is 5.32 Å². The van der Waals surface area contributed by atoms with Crippen molar-refractivity contribution in [2.24, 2.45) is 0 Å². The second kappa shape index (κ2) is 9.86. The van der Waals surface area contributed by atoms with Crippen molar-refractivity contribution in [3.63, 3.8) is 0 Å². The number of ether oxygens (including phenoxy) is 1. The van der Waals surface area contributed by atoms with Crippen LogP contribution < -0.4 is 10.1 Å². The molecular weight excluding hydrogens is 270 g/mol. The van der Waals surface area contributed by atoms with Gasteiger partial charge < -0.3 is 15.2 Å². The summed E-state index contributed by atoms with van der Waals surface area (Å²) in [5, 5.41) is 13.1. The van der Waals surface area contributed by atoms with Gasteiger partial charge in [0.25, 0.3) is 0 Å². The Labute approximate surface area is 126 Å². The molecule has 0 aliphatic heterocycles. The van der Waals surface area contributed by atoms with Crippen molar-refractivity contribution >= 4 is 11.8 Å². The van der Waals surface area contributed by atoms with Gasteiger partial charge >= 0.3 is 0 Å². The molecule has 0 aliphatic rings. The lowest BCUT2D eigenvalue weighted by atomic mass is 10.1. The third-order valence-corrected chi connectivity index (χ3v) is 3.83. The van der Waals surface area contributed by atoms with Crippen LogP contribution in [0.5, 0.6) is 5.75 Å². The second-order valence-corrected chi connectivity index (χ2v) is 5.90. The molecule has 1 aromatic rings. The summed E-state index contributed by atoms with van der Waals surface area (Å²) in [6.45, 7) is 9.47. The zero-order valence-corrected chi connectivity index (χ0v) is 13.2. The summed E-state index contributed by atoms with van der Waals surface area (Å²) >= 11 is 1.83. The highest BCUT2D eigenvalue weighted by Crippen LogP contribution is 2.22. The van der Waals surface area contributed by atoms with Crippen molar-refractivity contribution in [3.8, 4) is 5.75 Å². The SMILES string of the molecule is C=CCSCCNCC(O)COc1c(C)cccc1C. The summed E-state index contributed by atoms with van der Waals surface area (Å²) < 4.78 is 5.72. The molecule has 0 saturated heterocycles. The number of aliphatic hydroxyl groups excluding tert-OH is 1. The van der Waals surface area contributed by atoms with Gasteiger partial charge in [-0.15, -0.1) is 6.58 Å². The zero-order valence-electron chi connectivity index (χ0n) is 12.4. The van der Waals surface area contributed by atoms with Crippen molar-refractivity contribution < 1.29 is 9.84 Å². The summed E-state index contributed by atoms with van der Waals surface area (Å²) in [5.41, 5.74) is 2.21. The summed E-state index contributed by atoms with van der Waals surface area (Å²) in [6, 6.07) is 6.05. The molecule has 112 valence electrons. The van der Waals surface area contributed by atoms with Crippen LogP contribution >= 0.6 is 11.8 Å². The van der Waals surface area contributed by atoms with Crippen molar-refractivity contribution in [1.29, 1.82) is 0 Å². The average Bonchev–Trinajstić information content (AvgIpc) is 2.42. The molecule has 0 amide bonds. The summed E-state index contributed by atoms with van der Waals surface area (Å²) in [6.07, 6.45) is 1.41. The quantitative estimate of drug-likeness (QED) is 0.514. The van der Waals surface area contributed by atoms with E-state index in [4.69, 9.17) is 4.74 Å². The van der Waals surface area contributed by atoms with Gasteiger partial charge in [-0.2, -0.15) is 11.8 Å². The van der Waals surface area contributed by atoms with Gasteiger partial charge in [0, 0.05) is 24.6 Å². The van der Waals surface area contributed by atoms with Crippen LogP contribution in [0.25, 0.3) is 0 Å². The van der Waals surface area contributed by atoms with E-state index in [1.807, 2.05) is 49.9 Å². The lowest BCUT2D eigenvalue weighted by Crippen LogP contribution is -2.32. The third kappa shape index (κ3) is 6.46. The van der Waals surface area contributed by atoms with Gasteiger partial charge in [0.2, 0.25) is 0 Å². The highest BCUT2D eigenvalue weighted by Gasteiger charge is 2.08. The number of aryl methyl sites for hydroxylation is 2. The number of nitrogens with one attached hydrogen (secondary N) is 1. The number of hydrogen-bond acceptors (Lipinski definition) is 4. The maximum absolute atomic E-state index is 9.88. The Balaban J connectivity index is 2.19. The molecule has 1 rings (SSSR count). The molecule has 0 saturated carbocycles. The fourth-order valence-electron chi connectivity index (χ4n) is 1.84. The lowest BCUT2D eigenvalue weighted by molar-refractivity contribution is 0.106. The Hall–Kier alpha value is -0.970. The Morgan fingerprint density at radius 3 is 2.75 bits per heavy atom. The highest BCUT2D eigenvalue weighted by atomic mass is 32.2. The average molecular weight is 295 g/mol. The first-order chi connectivity index (χ1) is 9.65. The van der Waals surface area contributed by atoms with Crippen LogP contribution in [-0.2, 0) is 0 Å². The molecule has 0 spiro atoms. The van der Waals surface area contributed by atoms with E-state index in [1.54, 1.807) is 0 Å². The molecule has 1 atom stereocenters. The Bertz CT molecular complexity index is 389. The minimum absolute atomic E-state index is 0.318. The van der Waals surface area contributed by atoms with Gasteiger partial charge in [-0.05, 0) is 25.0 Å². The maximum Gasteiger partial charge on any atom is 0.125 e. The smallest absolute Gasteiger partial charge is 0.125 e. The van der Waals surface area contributed by atoms with E-state index in [2.05, 4.69) is 11.9 Å². The van der Waals surface area contributed by atoms with E-state index < -0.39 is 6.10 Å². The van der Waals surface area contributed by atoms with Crippen LogP contribution in [0.4, 0.5) is 0 Å². The van der Waals surface area contributed by atoms with Crippen LogP contribution in [-0.4, -0.2) is 42.4 Å². The monoisotopic (exact) mass is 295 g/mol. The van der Waals surface area contributed by atoms with Crippen molar-refractivity contribution in [3.05, 3.63) is 42.0 Å². The Kier molecular flexibility index (Phi) is 8.42. The Morgan fingerprint density at radius 1 is 1.40 bits per heavy atom. The van der Waals surface area contributed by atoms with Crippen LogP contribution in [0, 0.1) is 13.8 Å². The number of rotatable bonds is 10. The standard InChI is InChI=1S/C16H25NO2S/c1-4-9-20-10-8-17-11-15(18)12-19-16-13(2)6-5-7-14(16)3/h4-7,15,17-18H,1,8-12H2,2-3H3. The summed E-state index contributed by atoms with van der Waals surface area (Å²) in [5.74, 6) is 2.88. The number of hydrogen-bond donors (Lipinski definition) is 2. The predicted octanol–water partition coefficient (Wildman–Crippen LogP) is 2.55. The van der Waals surface area contributed by atoms with E-state index in [0.29, 0.717) is 13.2 Å². The molecule has 3 nitrogen and oxygen atoms in total. The molecule has 2 N–H and O–H groups in total. The predicted molar refractivity (Wildman–Crippen MR) is 87.8 cm³/mol. The Morgan fingerprint density at radius 2 is 2.10 bits per heavy atom. The van der Waals surface area contributed by atoms with Crippen LogP contribution in [0.15, 0.2) is 30.9 Å². The molecule has 0 aliphatic carbocycles. The van der Waals surface area contributed by atoms with Crippen LogP contribution in [0.3, 0.4) is 0 Å². The fourth-order valence-corrected chi connectivity index (χ4v) is 2.47. The number of thioether (sulfide) groups is 1. The second-order valence-electron chi connectivity index (χ2n) is 4.75. The van der Waals surface area contributed by atoms with E-state index >= 15 is 0 Å². The summed E-state index contributed by atoms with van der Waals surface area (Å²) in [7, 11) is 0. The van der Waals surface area contributed by atoms with Crippen LogP contribution in [0.1, 0.15) is 11.1 Å². The van der Waals surface area contributed by atoms with Gasteiger partial charge in [-0.25, -0.2) is 0 Å². The van der Waals surface area contributed by atoms with Gasteiger partial charge in [-0.1, -0.05) is 24.3 Å². The van der Waals surface area contributed by atoms with Crippen LogP contribution in [0.2, 0.25) is 0 Å². The topological polar surface area (TPSA) is 41.5 Å². The van der Waals surface area contributed by atoms with Crippen molar-refractivity contribution in [2.45, 2.75) is 20.0 Å². The first kappa shape index (κ1) is 17.1. The largest absolute Gasteiger partial charge is 0.490 e. The third-order valence-electron chi connectivity index (χ3n) is 2.87. The van der Waals surface area contributed by atoms with Crippen molar-refractivity contribution in [2.75, 3.05) is 31.2 Å². The number of benzene rings is 1. The molecular formula is C16H25NO2S. The van der Waals surface area contributed by atoms with E-state index in [-0.39, 0.29) is 0 Å². The van der Waals surface area contributed by atoms with Gasteiger partial charge in [0.1, 0.15) is 18.5 Å². The van der Waals surface area contributed by atoms with E-state index in [9.17, 15) is 5.11 Å². The molecule has 1 aromatic carbocycles. The van der Waals surface area contributed by atoms with Gasteiger partial charge in [0.05, 0.1) is 0 Å². The highest BCUT2D eigenvalue weighted by molar-refractivity contribution is 7.99. The molecule has 0 fully saturated rings. The van der Waals surface area contributed by atoms with E-state index in [0.717, 1.165) is 34.9 Å². The first-order valence-electron chi connectivity index (χ1n) is 6.91. The minimum Gasteiger partial charge on any atom is -0.490 e. The molecule has 4 heteroatoms. The lowest BCUT2D eigenvalue weighted by Gasteiger charge is -2.16. The molecule has 20 heavy (non-hydrogen) atoms. The number of para-hydroxylation sites is 1. The molecule has 0 heterocycles. The van der Waals surface area contributed by atoms with Gasteiger partial charge in [-0.3, -0.25) is 0 Å². The van der Waals surface area contributed by atoms with Gasteiger partial charge in [0.15, 0.2) is 0 Å². The molecule has 0 bridgehead atoms. The van der Waals surface area contributed by atoms with E-state index in [1.165, 1.54) is 0 Å². The molecule has 0 radical (unpaired) electrons. The number of aliphatic hydroxyl groups is 1. The normalized spacial score (nSPS) is 12.2. The zero-order chi connectivity index (χ0) is 14.8. The minimum atomic E-state index is -0.488. The fraction of sp³-hybridized carbons (Fsp3) is 0.500. The molecule has 1 unspecified atom stereocenters. The maximum atomic E-state index is 9.88. The summed E-state index contributed by atoms with van der Waals surface area (Å²) in [4.78, 5) is 0.